The molecule has 1 saturated heterocycles. The molecule has 0 N–H and O–H groups in total. The third-order valence-corrected chi connectivity index (χ3v) is 4.59. The molecule has 0 spiro atoms. The van der Waals surface area contributed by atoms with E-state index in [9.17, 15) is 0 Å². The first-order valence-corrected chi connectivity index (χ1v) is 8.16. The van der Waals surface area contributed by atoms with Gasteiger partial charge in [-0.3, -0.25) is 4.90 Å². The number of hydrogen-bond acceptors (Lipinski definition) is 7. The van der Waals surface area contributed by atoms with Gasteiger partial charge >= 0.3 is 0 Å². The standard InChI is InChI=1S/C16H21N7O/c1-11-18-19-15-4-5-16(20-23(11)15)22-9-13(10-22)21(3)7-6-14-8-17-12(2)24-14/h4-5,8,13H,6-7,9-10H2,1-3H3. The molecule has 0 amide bonds. The zero-order valence-corrected chi connectivity index (χ0v) is 14.2. The van der Waals surface area contributed by atoms with Gasteiger partial charge in [0.25, 0.3) is 0 Å². The summed E-state index contributed by atoms with van der Waals surface area (Å²) in [5.74, 6) is 3.46. The van der Waals surface area contributed by atoms with Gasteiger partial charge in [-0.05, 0) is 26.1 Å². The molecule has 0 saturated carbocycles. The largest absolute Gasteiger partial charge is 0.446 e. The minimum Gasteiger partial charge on any atom is -0.446 e. The average molecular weight is 327 g/mol. The predicted molar refractivity (Wildman–Crippen MR) is 89.1 cm³/mol. The van der Waals surface area contributed by atoms with Gasteiger partial charge in [0.05, 0.1) is 6.20 Å². The highest BCUT2D eigenvalue weighted by Crippen LogP contribution is 2.21. The molecular weight excluding hydrogens is 306 g/mol. The van der Waals surface area contributed by atoms with Gasteiger partial charge in [0.15, 0.2) is 17.4 Å². The van der Waals surface area contributed by atoms with Gasteiger partial charge in [-0.1, -0.05) is 0 Å². The molecule has 8 nitrogen and oxygen atoms in total. The maximum Gasteiger partial charge on any atom is 0.191 e. The smallest absolute Gasteiger partial charge is 0.191 e. The van der Waals surface area contributed by atoms with Crippen LogP contribution in [0, 0.1) is 13.8 Å². The Morgan fingerprint density at radius 2 is 2.08 bits per heavy atom. The molecule has 126 valence electrons. The SMILES string of the molecule is Cc1ncc(CCN(C)C2CN(c3ccc4nnc(C)n4n3)C2)o1. The molecule has 4 heterocycles. The van der Waals surface area contributed by atoms with E-state index in [-0.39, 0.29) is 0 Å². The van der Waals surface area contributed by atoms with Crippen molar-refractivity contribution < 1.29 is 4.42 Å². The van der Waals surface area contributed by atoms with Crippen molar-refractivity contribution in [2.24, 2.45) is 0 Å². The second-order valence-electron chi connectivity index (χ2n) is 6.34. The zero-order chi connectivity index (χ0) is 16.7. The zero-order valence-electron chi connectivity index (χ0n) is 14.2. The highest BCUT2D eigenvalue weighted by Gasteiger charge is 2.31. The number of fused-ring (bicyclic) bond motifs is 1. The number of rotatable bonds is 5. The predicted octanol–water partition coefficient (Wildman–Crippen LogP) is 1.09. The van der Waals surface area contributed by atoms with E-state index in [0.29, 0.717) is 6.04 Å². The summed E-state index contributed by atoms with van der Waals surface area (Å²) >= 11 is 0. The topological polar surface area (TPSA) is 75.6 Å². The van der Waals surface area contributed by atoms with Crippen molar-refractivity contribution in [3.63, 3.8) is 0 Å². The average Bonchev–Trinajstić information content (AvgIpc) is 3.10. The summed E-state index contributed by atoms with van der Waals surface area (Å²) in [6.07, 6.45) is 2.70. The van der Waals surface area contributed by atoms with Crippen molar-refractivity contribution in [1.82, 2.24) is 29.7 Å². The summed E-state index contributed by atoms with van der Waals surface area (Å²) in [5.41, 5.74) is 0.785. The van der Waals surface area contributed by atoms with Crippen LogP contribution in [-0.4, -0.2) is 62.4 Å². The summed E-state index contributed by atoms with van der Waals surface area (Å²) < 4.78 is 7.32. The molecule has 24 heavy (non-hydrogen) atoms. The van der Waals surface area contributed by atoms with Crippen molar-refractivity contribution in [2.45, 2.75) is 26.3 Å². The van der Waals surface area contributed by atoms with Crippen LogP contribution in [0.15, 0.2) is 22.7 Å². The normalized spacial score (nSPS) is 15.4. The van der Waals surface area contributed by atoms with E-state index in [0.717, 1.165) is 55.0 Å². The lowest BCUT2D eigenvalue weighted by atomic mass is 10.1. The van der Waals surface area contributed by atoms with Gasteiger partial charge in [0, 0.05) is 39.0 Å². The number of aryl methyl sites for hydroxylation is 2. The van der Waals surface area contributed by atoms with E-state index in [1.807, 2.05) is 32.2 Å². The maximum absolute atomic E-state index is 5.53. The first-order valence-electron chi connectivity index (χ1n) is 8.16. The molecule has 0 aromatic carbocycles. The Hall–Kier alpha value is -2.48. The van der Waals surface area contributed by atoms with Crippen LogP contribution in [0.3, 0.4) is 0 Å². The fourth-order valence-corrected chi connectivity index (χ4v) is 2.97. The first-order chi connectivity index (χ1) is 11.6. The lowest BCUT2D eigenvalue weighted by Crippen LogP contribution is -2.59. The quantitative estimate of drug-likeness (QED) is 0.694. The highest BCUT2D eigenvalue weighted by atomic mass is 16.3. The van der Waals surface area contributed by atoms with Crippen molar-refractivity contribution >= 4 is 11.5 Å². The molecule has 3 aromatic heterocycles. The van der Waals surface area contributed by atoms with Crippen molar-refractivity contribution in [3.8, 4) is 0 Å². The van der Waals surface area contributed by atoms with E-state index in [2.05, 4.69) is 37.1 Å². The fourth-order valence-electron chi connectivity index (χ4n) is 2.97. The molecule has 0 bridgehead atoms. The molecule has 8 heteroatoms. The van der Waals surface area contributed by atoms with Gasteiger partial charge in [-0.2, -0.15) is 4.52 Å². The fraction of sp³-hybridized carbons (Fsp3) is 0.500. The van der Waals surface area contributed by atoms with Crippen LogP contribution >= 0.6 is 0 Å². The molecule has 1 aliphatic rings. The third-order valence-electron chi connectivity index (χ3n) is 4.59. The molecule has 1 aliphatic heterocycles. The third kappa shape index (κ3) is 2.73. The Balaban J connectivity index is 1.33. The van der Waals surface area contributed by atoms with Crippen molar-refractivity contribution in [2.75, 3.05) is 31.6 Å². The van der Waals surface area contributed by atoms with E-state index in [4.69, 9.17) is 4.42 Å². The molecule has 0 atom stereocenters. The second-order valence-corrected chi connectivity index (χ2v) is 6.34. The highest BCUT2D eigenvalue weighted by molar-refractivity contribution is 5.47. The lowest BCUT2D eigenvalue weighted by Gasteiger charge is -2.44. The number of aromatic nitrogens is 5. The molecule has 0 unspecified atom stereocenters. The number of likely N-dealkylation sites (N-methyl/N-ethyl adjacent to an activating group) is 1. The summed E-state index contributed by atoms with van der Waals surface area (Å²) in [5, 5.41) is 12.7. The summed E-state index contributed by atoms with van der Waals surface area (Å²) in [6.45, 7) is 6.70. The van der Waals surface area contributed by atoms with Crippen LogP contribution in [0.2, 0.25) is 0 Å². The van der Waals surface area contributed by atoms with Crippen LogP contribution in [0.1, 0.15) is 17.5 Å². The number of oxazole rings is 1. The lowest BCUT2D eigenvalue weighted by molar-refractivity contribution is 0.202. The van der Waals surface area contributed by atoms with E-state index >= 15 is 0 Å². The summed E-state index contributed by atoms with van der Waals surface area (Å²) in [6, 6.07) is 4.51. The first kappa shape index (κ1) is 15.1. The molecule has 0 radical (unpaired) electrons. The van der Waals surface area contributed by atoms with Crippen molar-refractivity contribution in [3.05, 3.63) is 35.8 Å². The maximum atomic E-state index is 5.53. The van der Waals surface area contributed by atoms with Crippen molar-refractivity contribution in [1.29, 1.82) is 0 Å². The van der Waals surface area contributed by atoms with Gasteiger partial charge in [-0.15, -0.1) is 15.3 Å². The monoisotopic (exact) mass is 327 g/mol. The Morgan fingerprint density at radius 1 is 1.25 bits per heavy atom. The number of anilines is 1. The number of nitrogens with zero attached hydrogens (tertiary/aromatic N) is 7. The molecular formula is C16H21N7O. The Bertz CT molecular complexity index is 849. The Kier molecular flexibility index (Phi) is 3.68. The van der Waals surface area contributed by atoms with E-state index < -0.39 is 0 Å². The van der Waals surface area contributed by atoms with Crippen LogP contribution in [-0.2, 0) is 6.42 Å². The van der Waals surface area contributed by atoms with Crippen LogP contribution in [0.4, 0.5) is 5.82 Å². The van der Waals surface area contributed by atoms with E-state index in [1.165, 1.54) is 0 Å². The Morgan fingerprint density at radius 3 is 2.83 bits per heavy atom. The molecule has 0 aliphatic carbocycles. The van der Waals surface area contributed by atoms with E-state index in [1.54, 1.807) is 4.52 Å². The van der Waals surface area contributed by atoms with Crippen LogP contribution < -0.4 is 4.90 Å². The van der Waals surface area contributed by atoms with Gasteiger partial charge in [0.2, 0.25) is 0 Å². The minimum absolute atomic E-state index is 0.536. The van der Waals surface area contributed by atoms with Crippen LogP contribution in [0.25, 0.3) is 5.65 Å². The summed E-state index contributed by atoms with van der Waals surface area (Å²) in [4.78, 5) is 8.79. The second kappa shape index (κ2) is 5.86. The molecule has 3 aromatic rings. The summed E-state index contributed by atoms with van der Waals surface area (Å²) in [7, 11) is 2.16. The van der Waals surface area contributed by atoms with Gasteiger partial charge < -0.3 is 9.32 Å². The van der Waals surface area contributed by atoms with Crippen LogP contribution in [0.5, 0.6) is 0 Å². The minimum atomic E-state index is 0.536. The molecule has 1 fully saturated rings. The van der Waals surface area contributed by atoms with Gasteiger partial charge in [0.1, 0.15) is 11.6 Å². The van der Waals surface area contributed by atoms with Gasteiger partial charge in [-0.25, -0.2) is 4.98 Å². The Labute approximate surface area is 140 Å². The number of hydrogen-bond donors (Lipinski definition) is 0. The molecule has 4 rings (SSSR count).